The number of benzene rings is 2. The van der Waals surface area contributed by atoms with Crippen LogP contribution in [0.15, 0.2) is 54.6 Å². The number of aryl methyl sites for hydroxylation is 1. The minimum Gasteiger partial charge on any atom is -0.508 e. The lowest BCUT2D eigenvalue weighted by molar-refractivity contribution is 0.466. The van der Waals surface area contributed by atoms with Gasteiger partial charge in [-0.1, -0.05) is 62.6 Å². The third-order valence-corrected chi connectivity index (χ3v) is 4.31. The molecule has 0 aromatic heterocycles. The van der Waals surface area contributed by atoms with Crippen molar-refractivity contribution in [2.75, 3.05) is 38.5 Å². The molecule has 4 nitrogen and oxygen atoms in total. The second-order valence-corrected chi connectivity index (χ2v) is 6.56. The SMILES string of the molecule is C1CNCCN1.CCCCCCc1ccccc1O.CNc1ccccc1. The van der Waals surface area contributed by atoms with Crippen molar-refractivity contribution in [3.63, 3.8) is 0 Å². The number of para-hydroxylation sites is 2. The molecule has 27 heavy (non-hydrogen) atoms. The van der Waals surface area contributed by atoms with Gasteiger partial charge in [-0.25, -0.2) is 0 Å². The van der Waals surface area contributed by atoms with Crippen LogP contribution in [0.25, 0.3) is 0 Å². The van der Waals surface area contributed by atoms with Gasteiger partial charge < -0.3 is 21.1 Å². The Kier molecular flexibility index (Phi) is 13.8. The number of piperazine rings is 1. The van der Waals surface area contributed by atoms with Crippen molar-refractivity contribution in [3.05, 3.63) is 60.2 Å². The Morgan fingerprint density at radius 1 is 0.815 bits per heavy atom. The molecule has 150 valence electrons. The zero-order valence-corrected chi connectivity index (χ0v) is 17.0. The van der Waals surface area contributed by atoms with Crippen LogP contribution in [0, 0.1) is 0 Å². The monoisotopic (exact) mass is 371 g/mol. The molecule has 1 saturated heterocycles. The zero-order valence-electron chi connectivity index (χ0n) is 17.0. The fourth-order valence-electron chi connectivity index (χ4n) is 2.67. The van der Waals surface area contributed by atoms with Gasteiger partial charge in [0.1, 0.15) is 5.75 Å². The lowest BCUT2D eigenvalue weighted by Crippen LogP contribution is -2.39. The van der Waals surface area contributed by atoms with Crippen LogP contribution in [0.3, 0.4) is 0 Å². The van der Waals surface area contributed by atoms with E-state index in [0.29, 0.717) is 5.75 Å². The quantitative estimate of drug-likeness (QED) is 0.568. The van der Waals surface area contributed by atoms with Gasteiger partial charge in [-0.05, 0) is 36.6 Å². The van der Waals surface area contributed by atoms with Crippen molar-refractivity contribution in [3.8, 4) is 5.75 Å². The number of hydrogen-bond donors (Lipinski definition) is 4. The van der Waals surface area contributed by atoms with E-state index in [4.69, 9.17) is 0 Å². The number of nitrogens with one attached hydrogen (secondary N) is 3. The second-order valence-electron chi connectivity index (χ2n) is 6.56. The molecular formula is C23H37N3O. The molecule has 1 fully saturated rings. The van der Waals surface area contributed by atoms with Crippen molar-refractivity contribution in [2.24, 2.45) is 0 Å². The van der Waals surface area contributed by atoms with Crippen LogP contribution >= 0.6 is 0 Å². The summed E-state index contributed by atoms with van der Waals surface area (Å²) < 4.78 is 0. The molecule has 0 aliphatic carbocycles. The molecule has 0 spiro atoms. The molecule has 0 bridgehead atoms. The molecule has 2 aromatic rings. The highest BCUT2D eigenvalue weighted by molar-refractivity contribution is 5.41. The molecule has 1 heterocycles. The van der Waals surface area contributed by atoms with E-state index in [0.717, 1.165) is 43.9 Å². The fourth-order valence-corrected chi connectivity index (χ4v) is 2.67. The van der Waals surface area contributed by atoms with E-state index in [1.165, 1.54) is 25.7 Å². The molecule has 4 N–H and O–H groups in total. The highest BCUT2D eigenvalue weighted by Gasteiger charge is 1.98. The van der Waals surface area contributed by atoms with Gasteiger partial charge in [0.25, 0.3) is 0 Å². The molecule has 0 radical (unpaired) electrons. The molecule has 0 atom stereocenters. The van der Waals surface area contributed by atoms with Crippen LogP contribution < -0.4 is 16.0 Å². The third kappa shape index (κ3) is 12.1. The molecule has 3 rings (SSSR count). The van der Waals surface area contributed by atoms with E-state index in [1.54, 1.807) is 6.07 Å². The van der Waals surface area contributed by atoms with Crippen molar-refractivity contribution in [1.82, 2.24) is 10.6 Å². The van der Waals surface area contributed by atoms with Gasteiger partial charge in [-0.2, -0.15) is 0 Å². The first-order chi connectivity index (χ1) is 13.3. The van der Waals surface area contributed by atoms with E-state index < -0.39 is 0 Å². The smallest absolute Gasteiger partial charge is 0.118 e. The zero-order chi connectivity index (χ0) is 19.6. The number of phenolic OH excluding ortho intramolecular Hbond substituents is 1. The van der Waals surface area contributed by atoms with Gasteiger partial charge in [0.15, 0.2) is 0 Å². The second kappa shape index (κ2) is 16.2. The van der Waals surface area contributed by atoms with Crippen molar-refractivity contribution in [2.45, 2.75) is 39.0 Å². The van der Waals surface area contributed by atoms with Crippen molar-refractivity contribution < 1.29 is 5.11 Å². The lowest BCUT2D eigenvalue weighted by atomic mass is 10.1. The lowest BCUT2D eigenvalue weighted by Gasteiger charge is -2.11. The van der Waals surface area contributed by atoms with Gasteiger partial charge in [-0.15, -0.1) is 0 Å². The number of hydrogen-bond acceptors (Lipinski definition) is 4. The van der Waals surface area contributed by atoms with Gasteiger partial charge >= 0.3 is 0 Å². The van der Waals surface area contributed by atoms with Gasteiger partial charge in [-0.3, -0.25) is 0 Å². The standard InChI is InChI=1S/C12H18O.C7H9N.C4H10N2/c1-2-3-4-5-8-11-9-6-7-10-12(11)13;1-8-7-5-3-2-4-6-7;1-2-6-4-3-5-1/h6-7,9-10,13H,2-5,8H2,1H3;2-6,8H,1H3;5-6H,1-4H2. The molecule has 1 aliphatic heterocycles. The number of unbranched alkanes of at least 4 members (excludes halogenated alkanes) is 3. The van der Waals surface area contributed by atoms with E-state index in [-0.39, 0.29) is 0 Å². The van der Waals surface area contributed by atoms with Crippen LogP contribution in [-0.4, -0.2) is 38.3 Å². The molecular weight excluding hydrogens is 334 g/mol. The van der Waals surface area contributed by atoms with Crippen molar-refractivity contribution in [1.29, 1.82) is 0 Å². The van der Waals surface area contributed by atoms with Crippen LogP contribution in [0.5, 0.6) is 5.75 Å². The number of aromatic hydroxyl groups is 1. The first kappa shape index (κ1) is 23.0. The Balaban J connectivity index is 0.000000221. The van der Waals surface area contributed by atoms with Crippen LogP contribution in [-0.2, 0) is 6.42 Å². The predicted molar refractivity (Wildman–Crippen MR) is 118 cm³/mol. The third-order valence-electron chi connectivity index (χ3n) is 4.31. The molecule has 1 aliphatic rings. The Labute approximate surface area is 165 Å². The summed E-state index contributed by atoms with van der Waals surface area (Å²) in [6, 6.07) is 17.7. The first-order valence-corrected chi connectivity index (χ1v) is 10.2. The molecule has 0 amide bonds. The molecule has 0 saturated carbocycles. The first-order valence-electron chi connectivity index (χ1n) is 10.2. The molecule has 4 heteroatoms. The maximum atomic E-state index is 9.47. The summed E-state index contributed by atoms with van der Waals surface area (Å²) in [5.74, 6) is 0.444. The highest BCUT2D eigenvalue weighted by atomic mass is 16.3. The number of rotatable bonds is 6. The average molecular weight is 372 g/mol. The fraction of sp³-hybridized carbons (Fsp3) is 0.478. The summed E-state index contributed by atoms with van der Waals surface area (Å²) in [7, 11) is 1.91. The Morgan fingerprint density at radius 2 is 1.41 bits per heavy atom. The maximum Gasteiger partial charge on any atom is 0.118 e. The summed E-state index contributed by atoms with van der Waals surface area (Å²) in [5, 5.41) is 18.9. The summed E-state index contributed by atoms with van der Waals surface area (Å²) in [5.41, 5.74) is 2.24. The highest BCUT2D eigenvalue weighted by Crippen LogP contribution is 2.18. The van der Waals surface area contributed by atoms with Crippen molar-refractivity contribution >= 4 is 5.69 Å². The van der Waals surface area contributed by atoms with E-state index in [1.807, 2.05) is 55.6 Å². The van der Waals surface area contributed by atoms with E-state index in [2.05, 4.69) is 22.9 Å². The number of phenols is 1. The minimum absolute atomic E-state index is 0.444. The van der Waals surface area contributed by atoms with Gasteiger partial charge in [0.2, 0.25) is 0 Å². The number of anilines is 1. The van der Waals surface area contributed by atoms with Gasteiger partial charge in [0.05, 0.1) is 0 Å². The van der Waals surface area contributed by atoms with E-state index in [9.17, 15) is 5.11 Å². The Morgan fingerprint density at radius 3 is 1.89 bits per heavy atom. The summed E-state index contributed by atoms with van der Waals surface area (Å²) in [4.78, 5) is 0. The van der Waals surface area contributed by atoms with E-state index >= 15 is 0 Å². The molecule has 0 unspecified atom stereocenters. The Hall–Kier alpha value is -2.04. The van der Waals surface area contributed by atoms with Crippen LogP contribution in [0.1, 0.15) is 38.2 Å². The summed E-state index contributed by atoms with van der Waals surface area (Å²) in [6.07, 6.45) is 6.03. The maximum absolute atomic E-state index is 9.47. The topological polar surface area (TPSA) is 56.3 Å². The average Bonchev–Trinajstić information content (AvgIpc) is 2.75. The van der Waals surface area contributed by atoms with Gasteiger partial charge in [0, 0.05) is 38.9 Å². The molecule has 2 aromatic carbocycles. The summed E-state index contributed by atoms with van der Waals surface area (Å²) >= 11 is 0. The summed E-state index contributed by atoms with van der Waals surface area (Å²) in [6.45, 7) is 6.76. The minimum atomic E-state index is 0.444. The van der Waals surface area contributed by atoms with Crippen LogP contribution in [0.2, 0.25) is 0 Å². The largest absolute Gasteiger partial charge is 0.508 e. The van der Waals surface area contributed by atoms with Crippen LogP contribution in [0.4, 0.5) is 5.69 Å². The normalized spacial score (nSPS) is 12.8. The Bertz CT molecular complexity index is 559. The predicted octanol–water partition coefficient (Wildman–Crippen LogP) is 4.42.